The van der Waals surface area contributed by atoms with Gasteiger partial charge < -0.3 is 15.5 Å². The lowest BCUT2D eigenvalue weighted by Gasteiger charge is -2.46. The largest absolute Gasteiger partial charge is 0.338 e. The van der Waals surface area contributed by atoms with Crippen LogP contribution in [0.1, 0.15) is 45.4 Å². The van der Waals surface area contributed by atoms with Crippen LogP contribution in [0.3, 0.4) is 0 Å². The molecule has 2 saturated heterocycles. The van der Waals surface area contributed by atoms with Gasteiger partial charge in [-0.05, 0) is 38.5 Å². The molecule has 0 aromatic rings. The molecule has 1 amide bonds. The zero-order valence-electron chi connectivity index (χ0n) is 12.0. The number of fused-ring (bicyclic) bond motifs is 1. The molecule has 108 valence electrons. The van der Waals surface area contributed by atoms with Crippen LogP contribution in [0, 0.1) is 5.92 Å². The predicted molar refractivity (Wildman–Crippen MR) is 75.9 cm³/mol. The predicted octanol–water partition coefficient (Wildman–Crippen LogP) is 1.12. The molecule has 2 heterocycles. The molecule has 0 aromatic carbocycles. The fourth-order valence-electron chi connectivity index (χ4n) is 4.06. The Balaban J connectivity index is 1.64. The second-order valence-corrected chi connectivity index (χ2v) is 6.56. The molecule has 3 fully saturated rings. The number of carbonyl (C=O) groups is 1. The van der Waals surface area contributed by atoms with E-state index in [1.165, 1.54) is 38.5 Å². The highest BCUT2D eigenvalue weighted by Gasteiger charge is 2.38. The maximum Gasteiger partial charge on any atom is 0.241 e. The first kappa shape index (κ1) is 13.4. The minimum absolute atomic E-state index is 0.00289. The number of piperidine rings is 1. The number of rotatable bonds is 1. The molecule has 2 N–H and O–H groups in total. The van der Waals surface area contributed by atoms with Gasteiger partial charge >= 0.3 is 0 Å². The summed E-state index contributed by atoms with van der Waals surface area (Å²) in [7, 11) is 0. The zero-order valence-corrected chi connectivity index (χ0v) is 12.0. The van der Waals surface area contributed by atoms with Crippen molar-refractivity contribution >= 4 is 5.91 Å². The third-order valence-corrected chi connectivity index (χ3v) is 5.17. The lowest BCUT2D eigenvalue weighted by atomic mass is 9.78. The third-order valence-electron chi connectivity index (χ3n) is 5.17. The van der Waals surface area contributed by atoms with Gasteiger partial charge in [0.05, 0.1) is 6.04 Å². The Hall–Kier alpha value is -0.610. The van der Waals surface area contributed by atoms with Crippen LogP contribution in [0.15, 0.2) is 0 Å². The molecule has 4 nitrogen and oxygen atoms in total. The fraction of sp³-hybridized carbons (Fsp3) is 0.933. The standard InChI is InChI=1S/C15H27N3O/c1-11-9-17-13(10-16-11)15(19)18-8-4-6-12-5-2-3-7-14(12)18/h11-14,16-17H,2-10H2,1H3. The van der Waals surface area contributed by atoms with E-state index in [9.17, 15) is 4.79 Å². The number of likely N-dealkylation sites (tertiary alicyclic amines) is 1. The number of piperazine rings is 1. The summed E-state index contributed by atoms with van der Waals surface area (Å²) in [6.45, 7) is 4.83. The minimum Gasteiger partial charge on any atom is -0.338 e. The molecule has 4 heteroatoms. The highest BCUT2D eigenvalue weighted by molar-refractivity contribution is 5.82. The van der Waals surface area contributed by atoms with Crippen LogP contribution in [0.25, 0.3) is 0 Å². The number of hydrogen-bond donors (Lipinski definition) is 2. The van der Waals surface area contributed by atoms with Gasteiger partial charge in [0.15, 0.2) is 0 Å². The van der Waals surface area contributed by atoms with E-state index in [0.717, 1.165) is 25.6 Å². The van der Waals surface area contributed by atoms with Crippen LogP contribution in [0.2, 0.25) is 0 Å². The van der Waals surface area contributed by atoms with Gasteiger partial charge in [-0.2, -0.15) is 0 Å². The van der Waals surface area contributed by atoms with E-state index in [1.54, 1.807) is 0 Å². The van der Waals surface area contributed by atoms with Crippen molar-refractivity contribution in [2.45, 2.75) is 63.6 Å². The lowest BCUT2D eigenvalue weighted by Crippen LogP contribution is -2.62. The van der Waals surface area contributed by atoms with Crippen molar-refractivity contribution in [2.75, 3.05) is 19.6 Å². The van der Waals surface area contributed by atoms with Gasteiger partial charge in [-0.25, -0.2) is 0 Å². The number of nitrogens with zero attached hydrogens (tertiary/aromatic N) is 1. The molecule has 4 atom stereocenters. The summed E-state index contributed by atoms with van der Waals surface area (Å²) in [5.41, 5.74) is 0. The second kappa shape index (κ2) is 5.80. The van der Waals surface area contributed by atoms with Crippen LogP contribution in [-0.4, -0.2) is 48.6 Å². The molecular weight excluding hydrogens is 238 g/mol. The van der Waals surface area contributed by atoms with Crippen molar-refractivity contribution in [3.05, 3.63) is 0 Å². The van der Waals surface area contributed by atoms with E-state index in [4.69, 9.17) is 0 Å². The van der Waals surface area contributed by atoms with Crippen molar-refractivity contribution in [2.24, 2.45) is 5.92 Å². The summed E-state index contributed by atoms with van der Waals surface area (Å²) in [5, 5.41) is 6.82. The Bertz CT molecular complexity index is 323. The summed E-state index contributed by atoms with van der Waals surface area (Å²) in [6.07, 6.45) is 7.77. The SMILES string of the molecule is CC1CNC(C(=O)N2CCCC3CCCCC32)CN1. The molecule has 1 aliphatic carbocycles. The lowest BCUT2D eigenvalue weighted by molar-refractivity contribution is -0.140. The molecule has 0 aromatic heterocycles. The van der Waals surface area contributed by atoms with E-state index in [1.807, 2.05) is 0 Å². The molecule has 3 rings (SSSR count). The highest BCUT2D eigenvalue weighted by atomic mass is 16.2. The summed E-state index contributed by atoms with van der Waals surface area (Å²) in [6, 6.07) is 1.01. The van der Waals surface area contributed by atoms with Gasteiger partial charge in [0, 0.05) is 31.7 Å². The monoisotopic (exact) mass is 265 g/mol. The maximum atomic E-state index is 12.7. The topological polar surface area (TPSA) is 44.4 Å². The average molecular weight is 265 g/mol. The molecule has 1 saturated carbocycles. The van der Waals surface area contributed by atoms with E-state index in [0.29, 0.717) is 18.0 Å². The average Bonchev–Trinajstić information content (AvgIpc) is 2.47. The molecular formula is C15H27N3O. The van der Waals surface area contributed by atoms with E-state index >= 15 is 0 Å². The molecule has 2 aliphatic heterocycles. The van der Waals surface area contributed by atoms with Crippen LogP contribution in [-0.2, 0) is 4.79 Å². The van der Waals surface area contributed by atoms with Crippen molar-refractivity contribution < 1.29 is 4.79 Å². The normalized spacial score (nSPS) is 39.7. The first-order valence-electron chi connectivity index (χ1n) is 8.03. The molecule has 0 bridgehead atoms. The quantitative estimate of drug-likeness (QED) is 0.747. The minimum atomic E-state index is -0.00289. The van der Waals surface area contributed by atoms with Gasteiger partial charge in [0.1, 0.15) is 0 Å². The number of amides is 1. The molecule has 3 aliphatic rings. The van der Waals surface area contributed by atoms with Crippen molar-refractivity contribution in [1.29, 1.82) is 0 Å². The number of hydrogen-bond acceptors (Lipinski definition) is 3. The summed E-state index contributed by atoms with van der Waals surface area (Å²) >= 11 is 0. The Morgan fingerprint density at radius 3 is 2.63 bits per heavy atom. The van der Waals surface area contributed by atoms with Gasteiger partial charge in [-0.1, -0.05) is 12.8 Å². The van der Waals surface area contributed by atoms with Gasteiger partial charge in [-0.15, -0.1) is 0 Å². The van der Waals surface area contributed by atoms with Crippen LogP contribution in [0.5, 0.6) is 0 Å². The first-order chi connectivity index (χ1) is 9.25. The first-order valence-corrected chi connectivity index (χ1v) is 8.03. The number of carbonyl (C=O) groups excluding carboxylic acids is 1. The van der Waals surface area contributed by atoms with Gasteiger partial charge in [0.2, 0.25) is 5.91 Å². The summed E-state index contributed by atoms with van der Waals surface area (Å²) < 4.78 is 0. The second-order valence-electron chi connectivity index (χ2n) is 6.56. The van der Waals surface area contributed by atoms with Crippen molar-refractivity contribution in [3.8, 4) is 0 Å². The van der Waals surface area contributed by atoms with Gasteiger partial charge in [0.25, 0.3) is 0 Å². The van der Waals surface area contributed by atoms with Crippen molar-refractivity contribution in [3.63, 3.8) is 0 Å². The Labute approximate surface area is 116 Å². The molecule has 4 unspecified atom stereocenters. The smallest absolute Gasteiger partial charge is 0.241 e. The van der Waals surface area contributed by atoms with E-state index < -0.39 is 0 Å². The molecule has 19 heavy (non-hydrogen) atoms. The van der Waals surface area contributed by atoms with E-state index in [2.05, 4.69) is 22.5 Å². The Morgan fingerprint density at radius 2 is 1.84 bits per heavy atom. The number of nitrogens with one attached hydrogen (secondary N) is 2. The van der Waals surface area contributed by atoms with Gasteiger partial charge in [-0.3, -0.25) is 4.79 Å². The maximum absolute atomic E-state index is 12.7. The van der Waals surface area contributed by atoms with Crippen molar-refractivity contribution in [1.82, 2.24) is 15.5 Å². The third kappa shape index (κ3) is 2.79. The summed E-state index contributed by atoms with van der Waals surface area (Å²) in [4.78, 5) is 14.9. The van der Waals surface area contributed by atoms with Crippen LogP contribution in [0.4, 0.5) is 0 Å². The fourth-order valence-corrected chi connectivity index (χ4v) is 4.06. The summed E-state index contributed by atoms with van der Waals surface area (Å²) in [5.74, 6) is 1.12. The van der Waals surface area contributed by atoms with Crippen LogP contribution >= 0.6 is 0 Å². The Morgan fingerprint density at radius 1 is 1.05 bits per heavy atom. The highest BCUT2D eigenvalue weighted by Crippen LogP contribution is 2.35. The molecule has 0 spiro atoms. The molecule has 0 radical (unpaired) electrons. The Kier molecular flexibility index (Phi) is 4.08. The van der Waals surface area contributed by atoms with E-state index in [-0.39, 0.29) is 6.04 Å². The van der Waals surface area contributed by atoms with Crippen LogP contribution < -0.4 is 10.6 Å². The zero-order chi connectivity index (χ0) is 13.2.